The molecule has 3 heteroatoms. The van der Waals surface area contributed by atoms with E-state index in [1.54, 1.807) is 6.07 Å². The lowest BCUT2D eigenvalue weighted by atomic mass is 10.2. The number of phenolic OH excluding ortho intramolecular Hbond substituents is 1. The van der Waals surface area contributed by atoms with Crippen LogP contribution in [-0.2, 0) is 6.42 Å². The van der Waals surface area contributed by atoms with Gasteiger partial charge in [0.15, 0.2) is 0 Å². The Bertz CT molecular complexity index is 514. The molecule has 0 aliphatic rings. The first-order valence-corrected chi connectivity index (χ1v) is 6.11. The summed E-state index contributed by atoms with van der Waals surface area (Å²) in [7, 11) is 1.96. The second-order valence-corrected chi connectivity index (χ2v) is 4.67. The summed E-state index contributed by atoms with van der Waals surface area (Å²) in [5.74, 6) is 0.368. The van der Waals surface area contributed by atoms with Gasteiger partial charge in [0.25, 0.3) is 0 Å². The molecule has 2 aromatic rings. The second-order valence-electron chi connectivity index (χ2n) is 4.67. The Balaban J connectivity index is 2.59. The van der Waals surface area contributed by atoms with Crippen molar-refractivity contribution in [3.05, 3.63) is 30.0 Å². The molecule has 2 N–H and O–H groups in total. The molecule has 0 unspecified atom stereocenters. The van der Waals surface area contributed by atoms with E-state index in [1.165, 1.54) is 5.69 Å². The predicted molar refractivity (Wildman–Crippen MR) is 71.6 cm³/mol. The molecule has 0 saturated heterocycles. The molecule has 92 valence electrons. The normalized spacial score (nSPS) is 11.5. The van der Waals surface area contributed by atoms with E-state index >= 15 is 0 Å². The molecule has 0 fully saturated rings. The highest BCUT2D eigenvalue weighted by molar-refractivity contribution is 5.86. The van der Waals surface area contributed by atoms with Crippen molar-refractivity contribution in [3.63, 3.8) is 0 Å². The van der Waals surface area contributed by atoms with Gasteiger partial charge in [-0.3, -0.25) is 0 Å². The van der Waals surface area contributed by atoms with Crippen molar-refractivity contribution < 1.29 is 5.11 Å². The molecule has 0 aliphatic heterocycles. The third-order valence-corrected chi connectivity index (χ3v) is 3.07. The minimum absolute atomic E-state index is 0.354. The lowest BCUT2D eigenvalue weighted by Gasteiger charge is -2.15. The molecule has 1 aromatic carbocycles. The standard InChI is InChI=1S/C14H20N2O/c1-10(2)16-12(7-8-15-3)9-11-5-4-6-13(17)14(11)16/h4-6,9-10,15,17H,7-8H2,1-3H3. The highest BCUT2D eigenvalue weighted by atomic mass is 16.3. The summed E-state index contributed by atoms with van der Waals surface area (Å²) in [5.41, 5.74) is 2.22. The Morgan fingerprint density at radius 2 is 2.12 bits per heavy atom. The van der Waals surface area contributed by atoms with E-state index in [2.05, 4.69) is 35.9 Å². The number of benzene rings is 1. The molecular weight excluding hydrogens is 212 g/mol. The van der Waals surface area contributed by atoms with Gasteiger partial charge in [-0.25, -0.2) is 0 Å². The Hall–Kier alpha value is -1.48. The topological polar surface area (TPSA) is 37.2 Å². The van der Waals surface area contributed by atoms with Crippen LogP contribution in [0, 0.1) is 0 Å². The first-order chi connectivity index (χ1) is 8.15. The van der Waals surface area contributed by atoms with E-state index in [0.29, 0.717) is 11.8 Å². The van der Waals surface area contributed by atoms with Crippen molar-refractivity contribution in [2.24, 2.45) is 0 Å². The van der Waals surface area contributed by atoms with Crippen LogP contribution in [-0.4, -0.2) is 23.3 Å². The van der Waals surface area contributed by atoms with Gasteiger partial charge in [0.05, 0.1) is 5.52 Å². The molecule has 0 atom stereocenters. The van der Waals surface area contributed by atoms with Crippen molar-refractivity contribution in [2.75, 3.05) is 13.6 Å². The lowest BCUT2D eigenvalue weighted by molar-refractivity contribution is 0.473. The van der Waals surface area contributed by atoms with Crippen LogP contribution < -0.4 is 5.32 Å². The number of nitrogens with zero attached hydrogens (tertiary/aromatic N) is 1. The van der Waals surface area contributed by atoms with Gasteiger partial charge in [-0.05, 0) is 33.0 Å². The minimum atomic E-state index is 0.354. The number of rotatable bonds is 4. The quantitative estimate of drug-likeness (QED) is 0.850. The summed E-state index contributed by atoms with van der Waals surface area (Å²) in [5, 5.41) is 14.3. The number of aromatic nitrogens is 1. The number of para-hydroxylation sites is 1. The van der Waals surface area contributed by atoms with Crippen molar-refractivity contribution in [1.29, 1.82) is 0 Å². The van der Waals surface area contributed by atoms with Crippen LogP contribution in [0.15, 0.2) is 24.3 Å². The van der Waals surface area contributed by atoms with Gasteiger partial charge in [-0.15, -0.1) is 0 Å². The lowest BCUT2D eigenvalue weighted by Crippen LogP contribution is -2.14. The zero-order chi connectivity index (χ0) is 12.4. The zero-order valence-corrected chi connectivity index (χ0v) is 10.7. The zero-order valence-electron chi connectivity index (χ0n) is 10.7. The van der Waals surface area contributed by atoms with E-state index in [-0.39, 0.29) is 0 Å². The van der Waals surface area contributed by atoms with E-state index in [0.717, 1.165) is 23.9 Å². The molecule has 3 nitrogen and oxygen atoms in total. The maximum absolute atomic E-state index is 10.0. The van der Waals surface area contributed by atoms with Crippen LogP contribution in [0.1, 0.15) is 25.6 Å². The fourth-order valence-corrected chi connectivity index (χ4v) is 2.36. The van der Waals surface area contributed by atoms with Gasteiger partial charge in [0.1, 0.15) is 5.75 Å². The Kier molecular flexibility index (Phi) is 3.38. The van der Waals surface area contributed by atoms with Crippen LogP contribution in [0.2, 0.25) is 0 Å². The molecule has 1 aromatic heterocycles. The van der Waals surface area contributed by atoms with Gasteiger partial charge in [-0.2, -0.15) is 0 Å². The van der Waals surface area contributed by atoms with Crippen molar-refractivity contribution in [1.82, 2.24) is 9.88 Å². The Morgan fingerprint density at radius 1 is 1.35 bits per heavy atom. The number of aromatic hydroxyl groups is 1. The Morgan fingerprint density at radius 3 is 2.76 bits per heavy atom. The maximum atomic E-state index is 10.0. The number of hydrogen-bond donors (Lipinski definition) is 2. The average Bonchev–Trinajstić information content (AvgIpc) is 2.66. The smallest absolute Gasteiger partial charge is 0.139 e. The molecule has 17 heavy (non-hydrogen) atoms. The minimum Gasteiger partial charge on any atom is -0.506 e. The van der Waals surface area contributed by atoms with Crippen LogP contribution in [0.25, 0.3) is 10.9 Å². The van der Waals surface area contributed by atoms with Crippen LogP contribution in [0.4, 0.5) is 0 Å². The van der Waals surface area contributed by atoms with Crippen LogP contribution in [0.5, 0.6) is 5.75 Å². The summed E-state index contributed by atoms with van der Waals surface area (Å²) < 4.78 is 2.22. The number of fused-ring (bicyclic) bond motifs is 1. The molecular formula is C14H20N2O. The fourth-order valence-electron chi connectivity index (χ4n) is 2.36. The van der Waals surface area contributed by atoms with E-state index in [1.807, 2.05) is 13.1 Å². The molecule has 0 spiro atoms. The molecule has 2 rings (SSSR count). The molecule has 0 saturated carbocycles. The summed E-state index contributed by atoms with van der Waals surface area (Å²) in [4.78, 5) is 0. The van der Waals surface area contributed by atoms with E-state index < -0.39 is 0 Å². The summed E-state index contributed by atoms with van der Waals surface area (Å²) in [6, 6.07) is 8.23. The Labute approximate surface area is 102 Å². The van der Waals surface area contributed by atoms with Gasteiger partial charge in [0, 0.05) is 30.1 Å². The first kappa shape index (κ1) is 12.0. The average molecular weight is 232 g/mol. The number of nitrogens with one attached hydrogen (secondary N) is 1. The van der Waals surface area contributed by atoms with E-state index in [9.17, 15) is 5.11 Å². The number of likely N-dealkylation sites (N-methyl/N-ethyl adjacent to an activating group) is 1. The maximum Gasteiger partial charge on any atom is 0.139 e. The second kappa shape index (κ2) is 4.80. The SMILES string of the molecule is CNCCc1cc2cccc(O)c2n1C(C)C. The predicted octanol–water partition coefficient (Wildman–Crippen LogP) is 2.69. The molecule has 0 amide bonds. The van der Waals surface area contributed by atoms with Gasteiger partial charge in [0.2, 0.25) is 0 Å². The van der Waals surface area contributed by atoms with Crippen molar-refractivity contribution in [3.8, 4) is 5.75 Å². The first-order valence-electron chi connectivity index (χ1n) is 6.11. The largest absolute Gasteiger partial charge is 0.506 e. The third kappa shape index (κ3) is 2.15. The summed E-state index contributed by atoms with van der Waals surface area (Å²) in [6.07, 6.45) is 0.975. The highest BCUT2D eigenvalue weighted by Gasteiger charge is 2.13. The molecule has 0 radical (unpaired) electrons. The summed E-state index contributed by atoms with van der Waals surface area (Å²) >= 11 is 0. The molecule has 0 aliphatic carbocycles. The molecule has 0 bridgehead atoms. The van der Waals surface area contributed by atoms with Gasteiger partial charge < -0.3 is 15.0 Å². The van der Waals surface area contributed by atoms with Crippen LogP contribution in [0.3, 0.4) is 0 Å². The fraction of sp³-hybridized carbons (Fsp3) is 0.429. The summed E-state index contributed by atoms with van der Waals surface area (Å²) in [6.45, 7) is 5.24. The van der Waals surface area contributed by atoms with E-state index in [4.69, 9.17) is 0 Å². The van der Waals surface area contributed by atoms with Crippen molar-refractivity contribution in [2.45, 2.75) is 26.3 Å². The highest BCUT2D eigenvalue weighted by Crippen LogP contribution is 2.30. The monoisotopic (exact) mass is 232 g/mol. The van der Waals surface area contributed by atoms with Gasteiger partial charge >= 0.3 is 0 Å². The molecule has 1 heterocycles. The third-order valence-electron chi connectivity index (χ3n) is 3.07. The van der Waals surface area contributed by atoms with Gasteiger partial charge in [-0.1, -0.05) is 12.1 Å². The number of phenols is 1. The van der Waals surface area contributed by atoms with Crippen LogP contribution >= 0.6 is 0 Å². The van der Waals surface area contributed by atoms with Crippen molar-refractivity contribution >= 4 is 10.9 Å². The number of hydrogen-bond acceptors (Lipinski definition) is 2.